The minimum Gasteiger partial charge on any atom is -0.478 e. The van der Waals surface area contributed by atoms with Crippen LogP contribution in [-0.2, 0) is 22.5 Å². The van der Waals surface area contributed by atoms with Crippen LogP contribution in [-0.4, -0.2) is 28.6 Å². The second kappa shape index (κ2) is 12.0. The molecule has 0 heterocycles. The quantitative estimate of drug-likeness (QED) is 0.180. The Morgan fingerprint density at radius 2 is 1.15 bits per heavy atom. The van der Waals surface area contributed by atoms with Gasteiger partial charge in [-0.05, 0) is 68.4 Å². The van der Waals surface area contributed by atoms with Crippen molar-refractivity contribution in [2.45, 2.75) is 13.8 Å². The Balaban J connectivity index is 1.66. The number of benzene rings is 4. The molecule has 0 fully saturated rings. The van der Waals surface area contributed by atoms with Crippen LogP contribution in [0.1, 0.15) is 21.5 Å². The van der Waals surface area contributed by atoms with Gasteiger partial charge in [0.05, 0.1) is 33.3 Å². The van der Waals surface area contributed by atoms with Gasteiger partial charge in [-0.15, -0.1) is 0 Å². The van der Waals surface area contributed by atoms with E-state index in [-0.39, 0.29) is 33.5 Å². The highest BCUT2D eigenvalue weighted by molar-refractivity contribution is 7.81. The van der Waals surface area contributed by atoms with Crippen LogP contribution in [0.4, 0.5) is 22.7 Å². The first-order valence-corrected chi connectivity index (χ1v) is 13.9. The van der Waals surface area contributed by atoms with Gasteiger partial charge in [0.25, 0.3) is 22.5 Å². The Bertz CT molecular complexity index is 1560. The van der Waals surface area contributed by atoms with Gasteiger partial charge < -0.3 is 9.84 Å². The zero-order valence-electron chi connectivity index (χ0n) is 20.6. The van der Waals surface area contributed by atoms with Crippen LogP contribution in [0.2, 0.25) is 5.02 Å². The predicted molar refractivity (Wildman–Crippen MR) is 153 cm³/mol. The van der Waals surface area contributed by atoms with Gasteiger partial charge >= 0.3 is 5.97 Å². The first kappa shape index (κ1) is 28.3. The van der Waals surface area contributed by atoms with Gasteiger partial charge in [0.2, 0.25) is 0 Å². The third kappa shape index (κ3) is 6.47. The monoisotopic (exact) mass is 586 g/mol. The fraction of sp³-hybridized carbons (Fsp3) is 0.0741. The second-order valence-electron chi connectivity index (χ2n) is 8.42. The molecule has 0 aliphatic heterocycles. The predicted octanol–water partition coefficient (Wildman–Crippen LogP) is 7.00. The van der Waals surface area contributed by atoms with Gasteiger partial charge in [0.15, 0.2) is 0 Å². The van der Waals surface area contributed by atoms with Crippen LogP contribution >= 0.6 is 11.6 Å². The van der Waals surface area contributed by atoms with E-state index in [4.69, 9.17) is 16.3 Å². The first-order chi connectivity index (χ1) is 18.5. The summed E-state index contributed by atoms with van der Waals surface area (Å²) in [7, 11) is 0. The summed E-state index contributed by atoms with van der Waals surface area (Å²) in [5, 5.41) is 9.97. The van der Waals surface area contributed by atoms with E-state index >= 15 is 0 Å². The number of nitrogens with zero attached hydrogens (tertiary/aromatic N) is 2. The molecule has 0 aliphatic carbocycles. The molecule has 39 heavy (non-hydrogen) atoms. The van der Waals surface area contributed by atoms with E-state index < -0.39 is 28.5 Å². The highest BCUT2D eigenvalue weighted by atomic mass is 35.5. The number of carboxylic acids is 1. The molecule has 202 valence electrons. The molecular weight excluding hydrogens is 564 g/mol. The van der Waals surface area contributed by atoms with E-state index in [2.05, 4.69) is 0 Å². The summed E-state index contributed by atoms with van der Waals surface area (Å²) in [6.07, 6.45) is 0. The van der Waals surface area contributed by atoms with Crippen molar-refractivity contribution < 1.29 is 32.2 Å². The number of halogens is 1. The van der Waals surface area contributed by atoms with Crippen molar-refractivity contribution in [3.63, 3.8) is 0 Å². The van der Waals surface area contributed by atoms with E-state index in [1.807, 2.05) is 13.8 Å². The Labute approximate surface area is 235 Å². The molecule has 0 bridgehead atoms. The lowest BCUT2D eigenvalue weighted by Gasteiger charge is -2.23. The van der Waals surface area contributed by atoms with Crippen LogP contribution in [0.25, 0.3) is 0 Å². The Morgan fingerprint density at radius 1 is 0.718 bits per heavy atom. The maximum atomic E-state index is 12.2. The van der Waals surface area contributed by atoms with Crippen molar-refractivity contribution >= 4 is 62.9 Å². The molecule has 0 spiro atoms. The van der Waals surface area contributed by atoms with Gasteiger partial charge in [-0.1, -0.05) is 47.0 Å². The smallest absolute Gasteiger partial charge is 0.337 e. The van der Waals surface area contributed by atoms with Crippen molar-refractivity contribution in [2.75, 3.05) is 8.61 Å². The topological polar surface area (TPSA) is 128 Å². The summed E-state index contributed by atoms with van der Waals surface area (Å²) < 4.78 is 52.1. The summed E-state index contributed by atoms with van der Waals surface area (Å²) in [5.41, 5.74) is 2.69. The number of hydrogen-bond donors (Lipinski definition) is 3. The van der Waals surface area contributed by atoms with E-state index in [1.165, 1.54) is 36.4 Å². The maximum Gasteiger partial charge on any atom is 0.337 e. The fourth-order valence-corrected chi connectivity index (χ4v) is 5.33. The normalized spacial score (nSPS) is 12.4. The van der Waals surface area contributed by atoms with Gasteiger partial charge in [-0.3, -0.25) is 9.11 Å². The van der Waals surface area contributed by atoms with Crippen molar-refractivity contribution in [1.29, 1.82) is 0 Å². The molecule has 3 N–H and O–H groups in total. The third-order valence-electron chi connectivity index (χ3n) is 5.64. The lowest BCUT2D eigenvalue weighted by molar-refractivity contribution is 0.0697. The number of carbonyl (C=O) groups is 1. The van der Waals surface area contributed by atoms with E-state index in [9.17, 15) is 27.4 Å². The minimum atomic E-state index is -2.55. The fourth-order valence-electron chi connectivity index (χ4n) is 3.77. The van der Waals surface area contributed by atoms with Crippen molar-refractivity contribution in [3.05, 3.63) is 107 Å². The number of anilines is 4. The molecule has 2 unspecified atom stereocenters. The molecule has 0 saturated carbocycles. The van der Waals surface area contributed by atoms with Gasteiger partial charge in [-0.25, -0.2) is 21.8 Å². The Kier molecular flexibility index (Phi) is 8.68. The highest BCUT2D eigenvalue weighted by Crippen LogP contribution is 2.38. The molecule has 0 radical (unpaired) electrons. The lowest BCUT2D eigenvalue weighted by Crippen LogP contribution is -2.21. The molecular formula is C27H23ClN2O7S2. The highest BCUT2D eigenvalue weighted by Gasteiger charge is 2.23. The lowest BCUT2D eigenvalue weighted by atomic mass is 10.1. The summed E-state index contributed by atoms with van der Waals surface area (Å²) >= 11 is 1.48. The van der Waals surface area contributed by atoms with Gasteiger partial charge in [0, 0.05) is 6.07 Å². The summed E-state index contributed by atoms with van der Waals surface area (Å²) in [6.45, 7) is 3.76. The van der Waals surface area contributed by atoms with Crippen LogP contribution in [0.5, 0.6) is 11.5 Å². The zero-order chi connectivity index (χ0) is 28.3. The van der Waals surface area contributed by atoms with Crippen molar-refractivity contribution in [3.8, 4) is 11.5 Å². The molecule has 4 rings (SSSR count). The summed E-state index contributed by atoms with van der Waals surface area (Å²) in [6, 6.07) is 22.2. The number of rotatable bonds is 9. The number of ether oxygens (including phenoxy) is 1. The van der Waals surface area contributed by atoms with Crippen LogP contribution in [0.3, 0.4) is 0 Å². The molecule has 4 aromatic rings. The molecule has 9 nitrogen and oxygen atoms in total. The molecule has 0 aromatic heterocycles. The van der Waals surface area contributed by atoms with Crippen LogP contribution in [0.15, 0.2) is 84.9 Å². The Morgan fingerprint density at radius 3 is 1.59 bits per heavy atom. The van der Waals surface area contributed by atoms with Crippen LogP contribution in [0, 0.1) is 13.8 Å². The molecule has 0 saturated heterocycles. The van der Waals surface area contributed by atoms with Crippen molar-refractivity contribution in [1.82, 2.24) is 0 Å². The SMILES string of the molecule is Cc1ccc(N(c2ccc(Oc3ccc(N(c4ccc(C)cc4)S(=O)O)c(C(=O)O)c3)cc2Cl)S(=O)O)cc1. The number of aromatic carboxylic acids is 1. The average molecular weight is 587 g/mol. The molecule has 0 amide bonds. The largest absolute Gasteiger partial charge is 0.478 e. The average Bonchev–Trinajstić information content (AvgIpc) is 2.88. The van der Waals surface area contributed by atoms with Crippen LogP contribution < -0.4 is 13.3 Å². The second-order valence-corrected chi connectivity index (χ2v) is 10.5. The van der Waals surface area contributed by atoms with Crippen molar-refractivity contribution in [2.24, 2.45) is 0 Å². The van der Waals surface area contributed by atoms with Gasteiger partial charge in [0.1, 0.15) is 11.5 Å². The van der Waals surface area contributed by atoms with E-state index in [0.29, 0.717) is 11.4 Å². The summed E-state index contributed by atoms with van der Waals surface area (Å²) in [4.78, 5) is 12.1. The third-order valence-corrected chi connectivity index (χ3v) is 7.38. The number of carboxylic acid groups (broad SMARTS) is 1. The molecule has 2 atom stereocenters. The molecule has 0 aliphatic rings. The molecule has 12 heteroatoms. The zero-order valence-corrected chi connectivity index (χ0v) is 23.0. The number of hydrogen-bond acceptors (Lipinski definition) is 4. The van der Waals surface area contributed by atoms with E-state index in [1.54, 1.807) is 48.5 Å². The van der Waals surface area contributed by atoms with E-state index in [0.717, 1.165) is 19.7 Å². The maximum absolute atomic E-state index is 12.2. The first-order valence-electron chi connectivity index (χ1n) is 11.4. The molecule has 4 aromatic carbocycles. The summed E-state index contributed by atoms with van der Waals surface area (Å²) in [5.74, 6) is -0.958. The Hall–Kier alpha value is -3.74. The minimum absolute atomic E-state index is 0.00733. The number of aryl methyl sites for hydroxylation is 2. The van der Waals surface area contributed by atoms with Gasteiger partial charge in [-0.2, -0.15) is 0 Å². The standard InChI is InChI=1S/C27H23ClN2O7S2/c1-17-3-7-19(8-4-17)29(38(33)34)25-13-11-21(15-23(25)27(31)32)37-22-12-14-26(24(28)16-22)30(39(35)36)20-9-5-18(2)6-10-20/h3-16H,1-2H3,(H,31,32)(H,33,34)(H,35,36).